The van der Waals surface area contributed by atoms with E-state index in [0.29, 0.717) is 22.1 Å². The normalized spacial score (nSPS) is 12.1. The first-order chi connectivity index (χ1) is 8.04. The monoisotopic (exact) mass is 256 g/mol. The summed E-state index contributed by atoms with van der Waals surface area (Å²) in [6.07, 6.45) is 0.781. The smallest absolute Gasteiger partial charge is 0.167 e. The predicted octanol–water partition coefficient (Wildman–Crippen LogP) is 3.59. The van der Waals surface area contributed by atoms with Gasteiger partial charge in [0.2, 0.25) is 0 Å². The van der Waals surface area contributed by atoms with Gasteiger partial charge in [0.25, 0.3) is 0 Å². The molecule has 0 saturated heterocycles. The van der Waals surface area contributed by atoms with Gasteiger partial charge < -0.3 is 9.47 Å². The predicted molar refractivity (Wildman–Crippen MR) is 68.3 cm³/mol. The van der Waals surface area contributed by atoms with Gasteiger partial charge in [-0.3, -0.25) is 4.79 Å². The molecular formula is C13H17ClO3. The van der Waals surface area contributed by atoms with Crippen molar-refractivity contribution in [1.82, 2.24) is 0 Å². The molecule has 0 heterocycles. The highest BCUT2D eigenvalue weighted by molar-refractivity contribution is 6.34. The molecule has 0 aliphatic carbocycles. The zero-order valence-corrected chi connectivity index (χ0v) is 11.3. The van der Waals surface area contributed by atoms with Gasteiger partial charge in [-0.15, -0.1) is 0 Å². The van der Waals surface area contributed by atoms with Crippen LogP contribution in [0.1, 0.15) is 30.6 Å². The minimum atomic E-state index is -0.0504. The van der Waals surface area contributed by atoms with Crippen molar-refractivity contribution in [3.8, 4) is 11.5 Å². The molecule has 94 valence electrons. The number of ether oxygens (including phenoxy) is 2. The van der Waals surface area contributed by atoms with Gasteiger partial charge in [-0.1, -0.05) is 25.4 Å². The first-order valence-electron chi connectivity index (χ1n) is 5.50. The molecule has 17 heavy (non-hydrogen) atoms. The van der Waals surface area contributed by atoms with Gasteiger partial charge in [-0.05, 0) is 12.5 Å². The van der Waals surface area contributed by atoms with Crippen LogP contribution in [0.3, 0.4) is 0 Å². The molecule has 0 aliphatic rings. The fourth-order valence-electron chi connectivity index (χ4n) is 1.49. The Bertz CT molecular complexity index is 415. The van der Waals surface area contributed by atoms with E-state index in [4.69, 9.17) is 21.1 Å². The topological polar surface area (TPSA) is 35.5 Å². The van der Waals surface area contributed by atoms with E-state index in [1.54, 1.807) is 12.1 Å². The van der Waals surface area contributed by atoms with Gasteiger partial charge >= 0.3 is 0 Å². The van der Waals surface area contributed by atoms with Crippen LogP contribution in [0, 0.1) is 5.92 Å². The number of carbonyl (C=O) groups excluding carboxylic acids is 1. The molecule has 0 amide bonds. The second-order valence-corrected chi connectivity index (χ2v) is 4.27. The molecule has 1 atom stereocenters. The largest absolute Gasteiger partial charge is 0.493 e. The first-order valence-corrected chi connectivity index (χ1v) is 5.88. The summed E-state index contributed by atoms with van der Waals surface area (Å²) in [5, 5.41) is 0.396. The number of methoxy groups -OCH3 is 2. The zero-order chi connectivity index (χ0) is 13.0. The van der Waals surface area contributed by atoms with Gasteiger partial charge in [-0.2, -0.15) is 0 Å². The SMILES string of the molecule is CCC(C)C(=O)c1cc(OC)c(OC)cc1Cl. The number of halogens is 1. The molecule has 0 aliphatic heterocycles. The summed E-state index contributed by atoms with van der Waals surface area (Å²) in [4.78, 5) is 12.1. The Kier molecular flexibility index (Phi) is 4.82. The summed E-state index contributed by atoms with van der Waals surface area (Å²) in [6, 6.07) is 3.24. The molecule has 4 heteroatoms. The number of hydrogen-bond donors (Lipinski definition) is 0. The van der Waals surface area contributed by atoms with Crippen LogP contribution in [0.2, 0.25) is 5.02 Å². The second-order valence-electron chi connectivity index (χ2n) is 3.86. The van der Waals surface area contributed by atoms with E-state index in [9.17, 15) is 4.79 Å². The maximum absolute atomic E-state index is 12.1. The van der Waals surface area contributed by atoms with Crippen LogP contribution < -0.4 is 9.47 Å². The number of hydrogen-bond acceptors (Lipinski definition) is 3. The maximum atomic E-state index is 12.1. The lowest BCUT2D eigenvalue weighted by Crippen LogP contribution is -2.11. The van der Waals surface area contributed by atoms with Gasteiger partial charge in [-0.25, -0.2) is 0 Å². The Morgan fingerprint density at radius 1 is 1.29 bits per heavy atom. The maximum Gasteiger partial charge on any atom is 0.167 e. The van der Waals surface area contributed by atoms with Crippen molar-refractivity contribution in [2.75, 3.05) is 14.2 Å². The lowest BCUT2D eigenvalue weighted by atomic mass is 9.97. The van der Waals surface area contributed by atoms with E-state index >= 15 is 0 Å². The average Bonchev–Trinajstić information content (AvgIpc) is 2.36. The lowest BCUT2D eigenvalue weighted by molar-refractivity contribution is 0.0927. The van der Waals surface area contributed by atoms with Crippen molar-refractivity contribution in [3.05, 3.63) is 22.7 Å². The zero-order valence-electron chi connectivity index (χ0n) is 10.5. The number of benzene rings is 1. The number of ketones is 1. The Hall–Kier alpha value is -1.22. The average molecular weight is 257 g/mol. The highest BCUT2D eigenvalue weighted by Gasteiger charge is 2.19. The van der Waals surface area contributed by atoms with Gasteiger partial charge in [0, 0.05) is 17.5 Å². The molecule has 1 rings (SSSR count). The fourth-order valence-corrected chi connectivity index (χ4v) is 1.74. The minimum absolute atomic E-state index is 0.0263. The summed E-state index contributed by atoms with van der Waals surface area (Å²) in [5.74, 6) is 1.02. The molecule has 1 unspecified atom stereocenters. The molecule has 0 radical (unpaired) electrons. The van der Waals surface area contributed by atoms with Crippen molar-refractivity contribution in [1.29, 1.82) is 0 Å². The van der Waals surface area contributed by atoms with Crippen LogP contribution in [-0.2, 0) is 0 Å². The summed E-state index contributed by atoms with van der Waals surface area (Å²) >= 11 is 6.08. The number of Topliss-reactive ketones (excluding diaryl/α,β-unsaturated/α-hetero) is 1. The van der Waals surface area contributed by atoms with Crippen LogP contribution in [0.4, 0.5) is 0 Å². The lowest BCUT2D eigenvalue weighted by Gasteiger charge is -2.13. The third-order valence-corrected chi connectivity index (χ3v) is 3.11. The highest BCUT2D eigenvalue weighted by atomic mass is 35.5. The van der Waals surface area contributed by atoms with E-state index in [0.717, 1.165) is 6.42 Å². The summed E-state index contributed by atoms with van der Waals surface area (Å²) in [7, 11) is 3.06. The van der Waals surface area contributed by atoms with Crippen molar-refractivity contribution in [2.45, 2.75) is 20.3 Å². The van der Waals surface area contributed by atoms with Crippen LogP contribution in [0.5, 0.6) is 11.5 Å². The molecule has 1 aromatic carbocycles. The Labute approximate surface area is 107 Å². The standard InChI is InChI=1S/C13H17ClO3/c1-5-8(2)13(15)9-6-11(16-3)12(17-4)7-10(9)14/h6-8H,5H2,1-4H3. The fraction of sp³-hybridized carbons (Fsp3) is 0.462. The third kappa shape index (κ3) is 2.91. The van der Waals surface area contributed by atoms with E-state index in [1.807, 2.05) is 13.8 Å². The van der Waals surface area contributed by atoms with E-state index in [2.05, 4.69) is 0 Å². The molecular weight excluding hydrogens is 240 g/mol. The molecule has 0 aromatic heterocycles. The molecule has 0 bridgehead atoms. The van der Waals surface area contributed by atoms with Crippen molar-refractivity contribution in [2.24, 2.45) is 5.92 Å². The molecule has 0 fully saturated rings. The van der Waals surface area contributed by atoms with Gasteiger partial charge in [0.1, 0.15) is 0 Å². The third-order valence-electron chi connectivity index (χ3n) is 2.80. The molecule has 0 N–H and O–H groups in total. The van der Waals surface area contributed by atoms with Crippen LogP contribution in [0.15, 0.2) is 12.1 Å². The van der Waals surface area contributed by atoms with E-state index < -0.39 is 0 Å². The van der Waals surface area contributed by atoms with Crippen LogP contribution in [-0.4, -0.2) is 20.0 Å². The van der Waals surface area contributed by atoms with Crippen LogP contribution >= 0.6 is 11.6 Å². The molecule has 0 spiro atoms. The van der Waals surface area contributed by atoms with Crippen LogP contribution in [0.25, 0.3) is 0 Å². The molecule has 0 saturated carbocycles. The second kappa shape index (κ2) is 5.92. The summed E-state index contributed by atoms with van der Waals surface area (Å²) < 4.78 is 10.3. The number of rotatable bonds is 5. The van der Waals surface area contributed by atoms with Gasteiger partial charge in [0.15, 0.2) is 17.3 Å². The molecule has 1 aromatic rings. The first kappa shape index (κ1) is 13.8. The van der Waals surface area contributed by atoms with E-state index in [1.165, 1.54) is 14.2 Å². The Morgan fingerprint density at radius 3 is 2.29 bits per heavy atom. The Balaban J connectivity index is 3.21. The highest BCUT2D eigenvalue weighted by Crippen LogP contribution is 2.34. The van der Waals surface area contributed by atoms with Crippen molar-refractivity contribution < 1.29 is 14.3 Å². The van der Waals surface area contributed by atoms with Crippen molar-refractivity contribution >= 4 is 17.4 Å². The van der Waals surface area contributed by atoms with Gasteiger partial charge in [0.05, 0.1) is 19.2 Å². The minimum Gasteiger partial charge on any atom is -0.493 e. The van der Waals surface area contributed by atoms with Crippen molar-refractivity contribution in [3.63, 3.8) is 0 Å². The quantitative estimate of drug-likeness (QED) is 0.756. The summed E-state index contributed by atoms with van der Waals surface area (Å²) in [6.45, 7) is 3.85. The number of carbonyl (C=O) groups is 1. The summed E-state index contributed by atoms with van der Waals surface area (Å²) in [5.41, 5.74) is 0.485. The molecule has 3 nitrogen and oxygen atoms in total. The Morgan fingerprint density at radius 2 is 1.82 bits per heavy atom. The van der Waals surface area contributed by atoms with E-state index in [-0.39, 0.29) is 11.7 Å².